The Balaban J connectivity index is 2.05. The summed E-state index contributed by atoms with van der Waals surface area (Å²) < 4.78 is 10.1. The summed E-state index contributed by atoms with van der Waals surface area (Å²) in [6.07, 6.45) is 0.861. The molecule has 0 amide bonds. The molecule has 0 bridgehead atoms. The van der Waals surface area contributed by atoms with E-state index in [9.17, 15) is 4.79 Å². The molecule has 1 aliphatic heterocycles. The molecular weight excluding hydrogens is 218 g/mol. The highest BCUT2D eigenvalue weighted by atomic mass is 16.5. The Morgan fingerprint density at radius 2 is 2.12 bits per heavy atom. The molecule has 0 spiro atoms. The number of carbonyl (C=O) groups is 1. The van der Waals surface area contributed by atoms with E-state index in [4.69, 9.17) is 9.47 Å². The van der Waals surface area contributed by atoms with E-state index in [1.165, 1.54) is 7.11 Å². The second kappa shape index (κ2) is 5.08. The van der Waals surface area contributed by atoms with Crippen LogP contribution in [0.15, 0.2) is 24.3 Å². The summed E-state index contributed by atoms with van der Waals surface area (Å²) in [6.45, 7) is 3.51. The van der Waals surface area contributed by atoms with E-state index in [1.807, 2.05) is 36.1 Å². The molecular formula is C13H17NO3. The van der Waals surface area contributed by atoms with Crippen LogP contribution in [0.25, 0.3) is 0 Å². The van der Waals surface area contributed by atoms with Crippen LogP contribution in [0.5, 0.6) is 5.75 Å². The van der Waals surface area contributed by atoms with Gasteiger partial charge in [0.05, 0.1) is 13.7 Å². The number of carbonyl (C=O) groups excluding carboxylic acids is 1. The molecule has 0 aliphatic carbocycles. The fourth-order valence-corrected chi connectivity index (χ4v) is 1.98. The van der Waals surface area contributed by atoms with Gasteiger partial charge in [0, 0.05) is 12.2 Å². The predicted molar refractivity (Wildman–Crippen MR) is 65.4 cm³/mol. The fraction of sp³-hybridized carbons (Fsp3) is 0.462. The molecule has 1 unspecified atom stereocenters. The van der Waals surface area contributed by atoms with E-state index in [1.54, 1.807) is 0 Å². The van der Waals surface area contributed by atoms with Gasteiger partial charge in [0.1, 0.15) is 11.8 Å². The molecule has 1 atom stereocenters. The molecule has 0 radical (unpaired) electrons. The topological polar surface area (TPSA) is 38.8 Å². The van der Waals surface area contributed by atoms with Gasteiger partial charge in [-0.1, -0.05) is 0 Å². The van der Waals surface area contributed by atoms with E-state index in [0.717, 1.165) is 24.4 Å². The summed E-state index contributed by atoms with van der Waals surface area (Å²) >= 11 is 0. The monoisotopic (exact) mass is 235 g/mol. The predicted octanol–water partition coefficient (Wildman–Crippen LogP) is 1.84. The van der Waals surface area contributed by atoms with Crippen LogP contribution in [-0.2, 0) is 9.53 Å². The number of ether oxygens (including phenoxy) is 2. The fourth-order valence-electron chi connectivity index (χ4n) is 1.98. The average Bonchev–Trinajstić information content (AvgIpc) is 2.30. The zero-order chi connectivity index (χ0) is 12.3. The van der Waals surface area contributed by atoms with Crippen LogP contribution in [-0.4, -0.2) is 32.3 Å². The zero-order valence-corrected chi connectivity index (χ0v) is 10.2. The smallest absolute Gasteiger partial charge is 0.328 e. The van der Waals surface area contributed by atoms with Gasteiger partial charge in [0.25, 0.3) is 0 Å². The Labute approximate surface area is 101 Å². The molecule has 0 aromatic heterocycles. The summed E-state index contributed by atoms with van der Waals surface area (Å²) in [5, 5.41) is 0. The van der Waals surface area contributed by atoms with E-state index < -0.39 is 0 Å². The van der Waals surface area contributed by atoms with Crippen LogP contribution in [0.4, 0.5) is 5.69 Å². The number of esters is 1. The molecule has 1 aromatic carbocycles. The van der Waals surface area contributed by atoms with Gasteiger partial charge >= 0.3 is 5.97 Å². The summed E-state index contributed by atoms with van der Waals surface area (Å²) in [5.74, 6) is 0.691. The third kappa shape index (κ3) is 2.35. The zero-order valence-electron chi connectivity index (χ0n) is 10.2. The van der Waals surface area contributed by atoms with Gasteiger partial charge in [-0.05, 0) is 37.6 Å². The molecule has 17 heavy (non-hydrogen) atoms. The summed E-state index contributed by atoms with van der Waals surface area (Å²) in [4.78, 5) is 13.5. The van der Waals surface area contributed by atoms with E-state index in [2.05, 4.69) is 0 Å². The highest BCUT2D eigenvalue weighted by molar-refractivity contribution is 5.82. The van der Waals surface area contributed by atoms with Crippen LogP contribution < -0.4 is 9.64 Å². The first-order chi connectivity index (χ1) is 8.26. The van der Waals surface area contributed by atoms with Crippen molar-refractivity contribution in [1.82, 2.24) is 0 Å². The van der Waals surface area contributed by atoms with Gasteiger partial charge in [0.15, 0.2) is 0 Å². The average molecular weight is 235 g/mol. The minimum Gasteiger partial charge on any atom is -0.494 e. The molecule has 2 rings (SSSR count). The SMILES string of the molecule is CCOc1ccc(N2CCC2C(=O)OC)cc1. The Hall–Kier alpha value is -1.71. The van der Waals surface area contributed by atoms with Crippen LogP contribution in [0.2, 0.25) is 0 Å². The van der Waals surface area contributed by atoms with Gasteiger partial charge in [0.2, 0.25) is 0 Å². The largest absolute Gasteiger partial charge is 0.494 e. The molecule has 1 fully saturated rings. The molecule has 1 heterocycles. The quantitative estimate of drug-likeness (QED) is 0.746. The molecule has 4 heteroatoms. The van der Waals surface area contributed by atoms with Crippen molar-refractivity contribution in [3.05, 3.63) is 24.3 Å². The maximum Gasteiger partial charge on any atom is 0.328 e. The van der Waals surface area contributed by atoms with Crippen LogP contribution in [0.1, 0.15) is 13.3 Å². The number of rotatable bonds is 4. The first-order valence-corrected chi connectivity index (χ1v) is 5.83. The van der Waals surface area contributed by atoms with Crippen molar-refractivity contribution in [1.29, 1.82) is 0 Å². The maximum absolute atomic E-state index is 11.5. The second-order valence-corrected chi connectivity index (χ2v) is 3.95. The molecule has 1 saturated heterocycles. The number of nitrogens with zero attached hydrogens (tertiary/aromatic N) is 1. The van der Waals surface area contributed by atoms with E-state index >= 15 is 0 Å². The van der Waals surface area contributed by atoms with Crippen molar-refractivity contribution in [2.75, 3.05) is 25.2 Å². The van der Waals surface area contributed by atoms with Crippen molar-refractivity contribution in [2.24, 2.45) is 0 Å². The van der Waals surface area contributed by atoms with Crippen molar-refractivity contribution < 1.29 is 14.3 Å². The molecule has 0 saturated carbocycles. The summed E-state index contributed by atoms with van der Waals surface area (Å²) in [7, 11) is 1.43. The van der Waals surface area contributed by atoms with Crippen LogP contribution >= 0.6 is 0 Å². The molecule has 0 N–H and O–H groups in total. The summed E-state index contributed by atoms with van der Waals surface area (Å²) in [5.41, 5.74) is 1.04. The first kappa shape index (κ1) is 11.8. The number of hydrogen-bond acceptors (Lipinski definition) is 4. The molecule has 92 valence electrons. The minimum absolute atomic E-state index is 0.127. The second-order valence-electron chi connectivity index (χ2n) is 3.95. The Kier molecular flexibility index (Phi) is 3.52. The van der Waals surface area contributed by atoms with Crippen molar-refractivity contribution in [2.45, 2.75) is 19.4 Å². The number of methoxy groups -OCH3 is 1. The third-order valence-corrected chi connectivity index (χ3v) is 2.97. The Morgan fingerprint density at radius 3 is 2.59 bits per heavy atom. The lowest BCUT2D eigenvalue weighted by molar-refractivity contribution is -0.143. The van der Waals surface area contributed by atoms with E-state index in [0.29, 0.717) is 6.61 Å². The lowest BCUT2D eigenvalue weighted by atomic mass is 10.0. The maximum atomic E-state index is 11.5. The molecule has 4 nitrogen and oxygen atoms in total. The van der Waals surface area contributed by atoms with Gasteiger partial charge in [-0.3, -0.25) is 0 Å². The number of hydrogen-bond donors (Lipinski definition) is 0. The van der Waals surface area contributed by atoms with Gasteiger partial charge in [-0.15, -0.1) is 0 Å². The van der Waals surface area contributed by atoms with Crippen molar-refractivity contribution >= 4 is 11.7 Å². The van der Waals surface area contributed by atoms with Gasteiger partial charge in [-0.25, -0.2) is 4.79 Å². The highest BCUT2D eigenvalue weighted by Gasteiger charge is 2.34. The summed E-state index contributed by atoms with van der Waals surface area (Å²) in [6, 6.07) is 7.66. The Bertz CT molecular complexity index is 388. The molecule has 1 aromatic rings. The lowest BCUT2D eigenvalue weighted by Crippen LogP contribution is -2.53. The standard InChI is InChI=1S/C13H17NO3/c1-3-17-11-6-4-10(5-7-11)14-9-8-12(14)13(15)16-2/h4-7,12H,3,8-9H2,1-2H3. The lowest BCUT2D eigenvalue weighted by Gasteiger charge is -2.40. The minimum atomic E-state index is -0.162. The van der Waals surface area contributed by atoms with Crippen molar-refractivity contribution in [3.8, 4) is 5.75 Å². The van der Waals surface area contributed by atoms with Crippen LogP contribution in [0.3, 0.4) is 0 Å². The van der Waals surface area contributed by atoms with Gasteiger partial charge in [-0.2, -0.15) is 0 Å². The highest BCUT2D eigenvalue weighted by Crippen LogP contribution is 2.28. The van der Waals surface area contributed by atoms with Crippen molar-refractivity contribution in [3.63, 3.8) is 0 Å². The number of anilines is 1. The first-order valence-electron chi connectivity index (χ1n) is 5.83. The number of benzene rings is 1. The normalized spacial score (nSPS) is 18.5. The molecule has 1 aliphatic rings. The Morgan fingerprint density at radius 1 is 1.41 bits per heavy atom. The third-order valence-electron chi connectivity index (χ3n) is 2.97. The van der Waals surface area contributed by atoms with Gasteiger partial charge < -0.3 is 14.4 Å². The van der Waals surface area contributed by atoms with Crippen LogP contribution in [0, 0.1) is 0 Å². The van der Waals surface area contributed by atoms with E-state index in [-0.39, 0.29) is 12.0 Å².